The molecule has 2 aromatic carbocycles. The predicted molar refractivity (Wildman–Crippen MR) is 96.3 cm³/mol. The summed E-state index contributed by atoms with van der Waals surface area (Å²) < 4.78 is 11.1. The van der Waals surface area contributed by atoms with E-state index in [-0.39, 0.29) is 5.11 Å². The third-order valence-corrected chi connectivity index (χ3v) is 3.38. The molecule has 120 valence electrons. The Balaban J connectivity index is 2.14. The van der Waals surface area contributed by atoms with Gasteiger partial charge in [-0.3, -0.25) is 5.43 Å². The van der Waals surface area contributed by atoms with Gasteiger partial charge in [0.25, 0.3) is 0 Å². The van der Waals surface area contributed by atoms with Crippen LogP contribution in [0.5, 0.6) is 11.5 Å². The van der Waals surface area contributed by atoms with Crippen LogP contribution < -0.4 is 20.6 Å². The quantitative estimate of drug-likeness (QED) is 0.476. The van der Waals surface area contributed by atoms with Crippen LogP contribution in [0.3, 0.4) is 0 Å². The predicted octanol–water partition coefficient (Wildman–Crippen LogP) is 3.09. The van der Waals surface area contributed by atoms with Crippen LogP contribution in [0, 0.1) is 0 Å². The van der Waals surface area contributed by atoms with Crippen LogP contribution in [0.4, 0.5) is 0 Å². The summed E-state index contributed by atoms with van der Waals surface area (Å²) in [5.74, 6) is 1.21. The summed E-state index contributed by atoms with van der Waals surface area (Å²) in [7, 11) is 1.58. The molecule has 0 aliphatic carbocycles. The average molecular weight is 350 g/mol. The molecule has 0 amide bonds. The van der Waals surface area contributed by atoms with Crippen LogP contribution in [0.25, 0.3) is 0 Å². The molecule has 0 heterocycles. The van der Waals surface area contributed by atoms with E-state index in [0.717, 1.165) is 11.1 Å². The molecule has 0 saturated carbocycles. The Kier molecular flexibility index (Phi) is 6.19. The van der Waals surface area contributed by atoms with Crippen molar-refractivity contribution in [1.82, 2.24) is 5.43 Å². The highest BCUT2D eigenvalue weighted by molar-refractivity contribution is 7.80. The SMILES string of the molecule is COc1ccc(/C=N\NC(N)=S)cc1OCc1ccccc1Cl. The fraction of sp³-hybridized carbons (Fsp3) is 0.125. The van der Waals surface area contributed by atoms with Crippen molar-refractivity contribution in [1.29, 1.82) is 0 Å². The number of nitrogens with zero attached hydrogens (tertiary/aromatic N) is 1. The molecule has 0 bridgehead atoms. The van der Waals surface area contributed by atoms with Crippen LogP contribution in [-0.2, 0) is 6.61 Å². The molecule has 2 aromatic rings. The lowest BCUT2D eigenvalue weighted by atomic mass is 10.2. The van der Waals surface area contributed by atoms with E-state index in [4.69, 9.17) is 26.8 Å². The lowest BCUT2D eigenvalue weighted by Crippen LogP contribution is -2.23. The number of rotatable bonds is 6. The third kappa shape index (κ3) is 5.12. The summed E-state index contributed by atoms with van der Waals surface area (Å²) in [5.41, 5.74) is 9.51. The first-order valence-corrected chi connectivity index (χ1v) is 7.51. The standard InChI is InChI=1S/C16H16ClN3O2S/c1-21-14-7-6-11(9-19-20-16(18)23)8-15(14)22-10-12-4-2-3-5-13(12)17/h2-9H,10H2,1H3,(H3,18,20,23)/b19-9-. The van der Waals surface area contributed by atoms with Gasteiger partial charge in [0.2, 0.25) is 0 Å². The molecule has 0 atom stereocenters. The molecule has 7 heteroatoms. The van der Waals surface area contributed by atoms with E-state index >= 15 is 0 Å². The molecule has 0 aliphatic rings. The van der Waals surface area contributed by atoms with Gasteiger partial charge >= 0.3 is 0 Å². The summed E-state index contributed by atoms with van der Waals surface area (Å²) in [6.07, 6.45) is 1.58. The normalized spacial score (nSPS) is 10.5. The van der Waals surface area contributed by atoms with Crippen molar-refractivity contribution in [2.45, 2.75) is 6.61 Å². The molecule has 23 heavy (non-hydrogen) atoms. The largest absolute Gasteiger partial charge is 0.493 e. The number of nitrogens with one attached hydrogen (secondary N) is 1. The Bertz CT molecular complexity index is 722. The van der Waals surface area contributed by atoms with E-state index in [0.29, 0.717) is 23.1 Å². The Morgan fingerprint density at radius 1 is 1.30 bits per heavy atom. The molecule has 3 N–H and O–H groups in total. The minimum absolute atomic E-state index is 0.102. The van der Waals surface area contributed by atoms with Crippen molar-refractivity contribution in [3.05, 3.63) is 58.6 Å². The van der Waals surface area contributed by atoms with Crippen LogP contribution in [0.1, 0.15) is 11.1 Å². The summed E-state index contributed by atoms with van der Waals surface area (Å²) in [4.78, 5) is 0. The second-order valence-electron chi connectivity index (χ2n) is 4.52. The molecule has 0 unspecified atom stereocenters. The number of methoxy groups -OCH3 is 1. The van der Waals surface area contributed by atoms with E-state index in [1.54, 1.807) is 25.5 Å². The van der Waals surface area contributed by atoms with Gasteiger partial charge in [0.15, 0.2) is 16.6 Å². The molecule has 2 rings (SSSR count). The van der Waals surface area contributed by atoms with Gasteiger partial charge in [-0.05, 0) is 42.0 Å². The van der Waals surface area contributed by atoms with Gasteiger partial charge in [0, 0.05) is 10.6 Å². The summed E-state index contributed by atoms with van der Waals surface area (Å²) in [5, 5.41) is 4.67. The number of hydrogen-bond donors (Lipinski definition) is 2. The maximum Gasteiger partial charge on any atom is 0.184 e. The molecule has 0 aliphatic heterocycles. The lowest BCUT2D eigenvalue weighted by molar-refractivity contribution is 0.284. The highest BCUT2D eigenvalue weighted by Gasteiger charge is 2.07. The number of halogens is 1. The Morgan fingerprint density at radius 3 is 2.78 bits per heavy atom. The topological polar surface area (TPSA) is 68.9 Å². The summed E-state index contributed by atoms with van der Waals surface area (Å²) in [6.45, 7) is 0.335. The van der Waals surface area contributed by atoms with Gasteiger partial charge in [0.05, 0.1) is 13.3 Å². The van der Waals surface area contributed by atoms with Crippen LogP contribution in [-0.4, -0.2) is 18.4 Å². The highest BCUT2D eigenvalue weighted by Crippen LogP contribution is 2.29. The van der Waals surface area contributed by atoms with Gasteiger partial charge in [-0.15, -0.1) is 0 Å². The number of hydrazone groups is 1. The number of thiocarbonyl (C=S) groups is 1. The smallest absolute Gasteiger partial charge is 0.184 e. The number of hydrogen-bond acceptors (Lipinski definition) is 4. The van der Waals surface area contributed by atoms with Gasteiger partial charge in [-0.1, -0.05) is 29.8 Å². The zero-order valence-electron chi connectivity index (χ0n) is 12.5. The summed E-state index contributed by atoms with van der Waals surface area (Å²) >= 11 is 10.8. The molecular weight excluding hydrogens is 334 g/mol. The fourth-order valence-corrected chi connectivity index (χ4v) is 2.07. The molecule has 0 spiro atoms. The molecule has 0 saturated heterocycles. The van der Waals surface area contributed by atoms with E-state index in [9.17, 15) is 0 Å². The van der Waals surface area contributed by atoms with Crippen LogP contribution in [0.15, 0.2) is 47.6 Å². The second-order valence-corrected chi connectivity index (χ2v) is 5.37. The van der Waals surface area contributed by atoms with Gasteiger partial charge in [0.1, 0.15) is 6.61 Å². The molecule has 0 aromatic heterocycles. The van der Waals surface area contributed by atoms with Crippen molar-refractivity contribution in [3.63, 3.8) is 0 Å². The number of nitrogens with two attached hydrogens (primary N) is 1. The Morgan fingerprint density at radius 2 is 2.09 bits per heavy atom. The first kappa shape index (κ1) is 17.1. The molecular formula is C16H16ClN3O2S. The van der Waals surface area contributed by atoms with Gasteiger partial charge < -0.3 is 15.2 Å². The van der Waals surface area contributed by atoms with Crippen LogP contribution in [0.2, 0.25) is 5.02 Å². The minimum Gasteiger partial charge on any atom is -0.493 e. The number of ether oxygens (including phenoxy) is 2. The third-order valence-electron chi connectivity index (χ3n) is 2.92. The van der Waals surface area contributed by atoms with Crippen LogP contribution >= 0.6 is 23.8 Å². The van der Waals surface area contributed by atoms with E-state index in [2.05, 4.69) is 22.7 Å². The van der Waals surface area contributed by atoms with E-state index in [1.165, 1.54) is 0 Å². The highest BCUT2D eigenvalue weighted by atomic mass is 35.5. The second kappa shape index (κ2) is 8.36. The zero-order chi connectivity index (χ0) is 16.7. The van der Waals surface area contributed by atoms with Crippen molar-refractivity contribution in [2.75, 3.05) is 7.11 Å². The first-order chi connectivity index (χ1) is 11.1. The summed E-state index contributed by atoms with van der Waals surface area (Å²) in [6, 6.07) is 13.0. The molecule has 5 nitrogen and oxygen atoms in total. The monoisotopic (exact) mass is 349 g/mol. The van der Waals surface area contributed by atoms with Crippen molar-refractivity contribution in [2.24, 2.45) is 10.8 Å². The van der Waals surface area contributed by atoms with Gasteiger partial charge in [-0.2, -0.15) is 5.10 Å². The number of benzene rings is 2. The Labute approximate surface area is 145 Å². The van der Waals surface area contributed by atoms with Crippen molar-refractivity contribution >= 4 is 35.1 Å². The molecule has 0 fully saturated rings. The fourth-order valence-electron chi connectivity index (χ4n) is 1.83. The maximum atomic E-state index is 6.13. The van der Waals surface area contributed by atoms with Gasteiger partial charge in [-0.25, -0.2) is 0 Å². The minimum atomic E-state index is 0.102. The van der Waals surface area contributed by atoms with E-state index in [1.807, 2.05) is 30.3 Å². The maximum absolute atomic E-state index is 6.13. The lowest BCUT2D eigenvalue weighted by Gasteiger charge is -2.12. The van der Waals surface area contributed by atoms with E-state index < -0.39 is 0 Å². The average Bonchev–Trinajstić information content (AvgIpc) is 2.54. The Hall–Kier alpha value is -2.31. The van der Waals surface area contributed by atoms with Crippen molar-refractivity contribution < 1.29 is 9.47 Å². The van der Waals surface area contributed by atoms with Crippen molar-refractivity contribution in [3.8, 4) is 11.5 Å². The zero-order valence-corrected chi connectivity index (χ0v) is 14.0. The first-order valence-electron chi connectivity index (χ1n) is 6.73. The molecule has 0 radical (unpaired) electrons.